The highest BCUT2D eigenvalue weighted by atomic mass is 35.5. The zero-order valence-corrected chi connectivity index (χ0v) is 17.6. The average Bonchev–Trinajstić information content (AvgIpc) is 3.45. The number of benzene rings is 1. The summed E-state index contributed by atoms with van der Waals surface area (Å²) in [4.78, 5) is 28.6. The Hall–Kier alpha value is -2.35. The highest BCUT2D eigenvalue weighted by Gasteiger charge is 2.30. The number of carbonyl (C=O) groups is 2. The molecule has 0 bridgehead atoms. The summed E-state index contributed by atoms with van der Waals surface area (Å²) < 4.78 is 11.3. The van der Waals surface area contributed by atoms with Gasteiger partial charge in [0, 0.05) is 43.4 Å². The minimum atomic E-state index is -0.272. The summed E-state index contributed by atoms with van der Waals surface area (Å²) >= 11 is 5.91. The van der Waals surface area contributed by atoms with Crippen LogP contribution in [0.5, 0.6) is 0 Å². The van der Waals surface area contributed by atoms with Crippen molar-refractivity contribution in [1.29, 1.82) is 0 Å². The fraction of sp³-hybridized carbons (Fsp3) is 0.455. The predicted molar refractivity (Wildman–Crippen MR) is 113 cm³/mol. The normalized spacial score (nSPS) is 19.8. The van der Waals surface area contributed by atoms with Crippen molar-refractivity contribution in [3.63, 3.8) is 0 Å². The van der Waals surface area contributed by atoms with Gasteiger partial charge in [-0.25, -0.2) is 0 Å². The van der Waals surface area contributed by atoms with Gasteiger partial charge in [0.05, 0.1) is 13.1 Å². The molecule has 2 aliphatic heterocycles. The maximum Gasteiger partial charge on any atom is 0.251 e. The van der Waals surface area contributed by atoms with E-state index < -0.39 is 0 Å². The van der Waals surface area contributed by atoms with Crippen LogP contribution in [0.25, 0.3) is 11.3 Å². The summed E-state index contributed by atoms with van der Waals surface area (Å²) in [5, 5.41) is 3.58. The molecule has 4 rings (SSSR count). The van der Waals surface area contributed by atoms with Crippen LogP contribution in [0.3, 0.4) is 0 Å². The first-order valence-electron chi connectivity index (χ1n) is 10.3. The van der Waals surface area contributed by atoms with Crippen molar-refractivity contribution >= 4 is 23.4 Å². The molecule has 0 spiro atoms. The number of piperazine rings is 1. The molecule has 0 saturated carbocycles. The molecule has 1 unspecified atom stereocenters. The third-order valence-electron chi connectivity index (χ3n) is 5.51. The molecule has 30 heavy (non-hydrogen) atoms. The predicted octanol–water partition coefficient (Wildman–Crippen LogP) is 2.54. The van der Waals surface area contributed by atoms with E-state index in [9.17, 15) is 9.59 Å². The van der Waals surface area contributed by atoms with E-state index in [1.807, 2.05) is 41.3 Å². The molecule has 0 aliphatic carbocycles. The van der Waals surface area contributed by atoms with E-state index in [1.54, 1.807) is 0 Å². The van der Waals surface area contributed by atoms with Gasteiger partial charge in [-0.15, -0.1) is 0 Å². The number of furan rings is 1. The Bertz CT molecular complexity index is 869. The fourth-order valence-electron chi connectivity index (χ4n) is 3.79. The third-order valence-corrected chi connectivity index (χ3v) is 5.76. The number of hydrogen-bond donors (Lipinski definition) is 1. The van der Waals surface area contributed by atoms with Gasteiger partial charge in [0.2, 0.25) is 5.91 Å². The summed E-state index contributed by atoms with van der Waals surface area (Å²) in [6.07, 6.45) is 1.49. The van der Waals surface area contributed by atoms with Crippen LogP contribution in [0, 0.1) is 0 Å². The first kappa shape index (κ1) is 20.9. The number of rotatable bonds is 6. The lowest BCUT2D eigenvalue weighted by Crippen LogP contribution is -2.53. The minimum absolute atomic E-state index is 0.0571. The van der Waals surface area contributed by atoms with Gasteiger partial charge < -0.3 is 19.4 Å². The second kappa shape index (κ2) is 9.64. The molecule has 1 atom stereocenters. The lowest BCUT2D eigenvalue weighted by atomic mass is 10.2. The SMILES string of the molecule is O=C(CN1CCN(C(=O)C2CCCO2)CC1)NCc1ccc(-c2ccc(Cl)cc2)o1. The molecule has 1 N–H and O–H groups in total. The molecule has 0 radical (unpaired) electrons. The zero-order valence-electron chi connectivity index (χ0n) is 16.8. The van der Waals surface area contributed by atoms with Crippen molar-refractivity contribution in [3.8, 4) is 11.3 Å². The molecular weight excluding hydrogens is 406 g/mol. The van der Waals surface area contributed by atoms with Gasteiger partial charge in [0.15, 0.2) is 0 Å². The van der Waals surface area contributed by atoms with Crippen LogP contribution < -0.4 is 5.32 Å². The van der Waals surface area contributed by atoms with E-state index in [-0.39, 0.29) is 17.9 Å². The van der Waals surface area contributed by atoms with Gasteiger partial charge in [0.1, 0.15) is 17.6 Å². The van der Waals surface area contributed by atoms with E-state index in [0.717, 1.165) is 24.2 Å². The van der Waals surface area contributed by atoms with Crippen LogP contribution in [-0.2, 0) is 20.9 Å². The molecule has 3 heterocycles. The number of halogens is 1. The van der Waals surface area contributed by atoms with Gasteiger partial charge in [0.25, 0.3) is 5.91 Å². The second-order valence-corrected chi connectivity index (χ2v) is 8.09. The van der Waals surface area contributed by atoms with Crippen molar-refractivity contribution in [3.05, 3.63) is 47.2 Å². The number of hydrogen-bond acceptors (Lipinski definition) is 5. The first-order chi connectivity index (χ1) is 14.6. The van der Waals surface area contributed by atoms with Crippen molar-refractivity contribution in [2.45, 2.75) is 25.5 Å². The zero-order chi connectivity index (χ0) is 20.9. The lowest BCUT2D eigenvalue weighted by molar-refractivity contribution is -0.142. The molecular formula is C22H26ClN3O4. The Labute approximate surface area is 180 Å². The van der Waals surface area contributed by atoms with Crippen molar-refractivity contribution in [1.82, 2.24) is 15.1 Å². The third kappa shape index (κ3) is 5.22. The Morgan fingerprint density at radius 3 is 2.53 bits per heavy atom. The quantitative estimate of drug-likeness (QED) is 0.760. The van der Waals surface area contributed by atoms with Gasteiger partial charge in [-0.1, -0.05) is 11.6 Å². The van der Waals surface area contributed by atoms with E-state index in [1.165, 1.54) is 0 Å². The van der Waals surface area contributed by atoms with Gasteiger partial charge >= 0.3 is 0 Å². The van der Waals surface area contributed by atoms with E-state index in [2.05, 4.69) is 10.2 Å². The standard InChI is InChI=1S/C22H26ClN3O4/c23-17-5-3-16(4-6-17)19-8-7-18(30-19)14-24-21(27)15-25-9-11-26(12-10-25)22(28)20-2-1-13-29-20/h3-8,20H,1-2,9-15H2,(H,24,27). The topological polar surface area (TPSA) is 75.0 Å². The van der Waals surface area contributed by atoms with E-state index >= 15 is 0 Å². The molecule has 2 saturated heterocycles. The minimum Gasteiger partial charge on any atom is -0.459 e. The summed E-state index contributed by atoms with van der Waals surface area (Å²) in [6, 6.07) is 11.2. The Morgan fingerprint density at radius 1 is 1.07 bits per heavy atom. The van der Waals surface area contributed by atoms with Crippen LogP contribution in [0.4, 0.5) is 0 Å². The highest BCUT2D eigenvalue weighted by Crippen LogP contribution is 2.23. The molecule has 7 nitrogen and oxygen atoms in total. The van der Waals surface area contributed by atoms with Crippen molar-refractivity contribution in [2.24, 2.45) is 0 Å². The van der Waals surface area contributed by atoms with E-state index in [0.29, 0.717) is 56.7 Å². The number of nitrogens with one attached hydrogen (secondary N) is 1. The number of nitrogens with zero attached hydrogens (tertiary/aromatic N) is 2. The molecule has 1 aromatic heterocycles. The molecule has 1 aromatic carbocycles. The fourth-order valence-corrected chi connectivity index (χ4v) is 3.92. The van der Waals surface area contributed by atoms with Crippen LogP contribution in [0.2, 0.25) is 5.02 Å². The molecule has 2 fully saturated rings. The number of carbonyl (C=O) groups excluding carboxylic acids is 2. The Balaban J connectivity index is 1.19. The molecule has 160 valence electrons. The molecule has 2 aromatic rings. The van der Waals surface area contributed by atoms with Gasteiger partial charge in [-0.2, -0.15) is 0 Å². The van der Waals surface area contributed by atoms with Crippen LogP contribution in [0.1, 0.15) is 18.6 Å². The van der Waals surface area contributed by atoms with Crippen LogP contribution in [0.15, 0.2) is 40.8 Å². The number of ether oxygens (including phenoxy) is 1. The number of amides is 2. The van der Waals surface area contributed by atoms with E-state index in [4.69, 9.17) is 20.8 Å². The smallest absolute Gasteiger partial charge is 0.251 e. The highest BCUT2D eigenvalue weighted by molar-refractivity contribution is 6.30. The average molecular weight is 432 g/mol. The molecule has 2 amide bonds. The van der Waals surface area contributed by atoms with Crippen molar-refractivity contribution in [2.75, 3.05) is 39.3 Å². The monoisotopic (exact) mass is 431 g/mol. The summed E-state index contributed by atoms with van der Waals surface area (Å²) in [6.45, 7) is 3.97. The maximum atomic E-state index is 12.4. The summed E-state index contributed by atoms with van der Waals surface area (Å²) in [7, 11) is 0. The van der Waals surface area contributed by atoms with Crippen molar-refractivity contribution < 1.29 is 18.7 Å². The Kier molecular flexibility index (Phi) is 6.72. The van der Waals surface area contributed by atoms with Gasteiger partial charge in [-0.05, 0) is 49.2 Å². The lowest BCUT2D eigenvalue weighted by Gasteiger charge is -2.35. The maximum absolute atomic E-state index is 12.4. The Morgan fingerprint density at radius 2 is 1.83 bits per heavy atom. The van der Waals surface area contributed by atoms with Crippen LogP contribution >= 0.6 is 11.6 Å². The second-order valence-electron chi connectivity index (χ2n) is 7.65. The molecule has 2 aliphatic rings. The largest absolute Gasteiger partial charge is 0.459 e. The van der Waals surface area contributed by atoms with Gasteiger partial charge in [-0.3, -0.25) is 14.5 Å². The molecule has 8 heteroatoms. The summed E-state index contributed by atoms with van der Waals surface area (Å²) in [5.74, 6) is 1.47. The van der Waals surface area contributed by atoms with Crippen LogP contribution in [-0.4, -0.2) is 67.0 Å². The summed E-state index contributed by atoms with van der Waals surface area (Å²) in [5.41, 5.74) is 0.937. The first-order valence-corrected chi connectivity index (χ1v) is 10.7.